The number of fused-ring (bicyclic) bond motifs is 3. The molecule has 0 aliphatic heterocycles. The Bertz CT molecular complexity index is 1250. The van der Waals surface area contributed by atoms with E-state index in [0.717, 1.165) is 33.6 Å². The van der Waals surface area contributed by atoms with Crippen LogP contribution < -0.4 is 0 Å². The van der Waals surface area contributed by atoms with Crippen LogP contribution in [0.3, 0.4) is 0 Å². The molecule has 0 saturated carbocycles. The van der Waals surface area contributed by atoms with Gasteiger partial charge in [-0.1, -0.05) is 62.4 Å². The maximum atomic E-state index is 6.30. The molecule has 2 aromatic heterocycles. The minimum atomic E-state index is 0.315. The third-order valence-corrected chi connectivity index (χ3v) is 5.07. The summed E-state index contributed by atoms with van der Waals surface area (Å²) in [6.07, 6.45) is 3.88. The van der Waals surface area contributed by atoms with Crippen LogP contribution in [0.1, 0.15) is 25.3 Å². The fraction of sp³-hybridized carbons (Fsp3) is 0.125. The first-order valence-corrected chi connectivity index (χ1v) is 9.27. The van der Waals surface area contributed by atoms with Crippen molar-refractivity contribution in [3.63, 3.8) is 0 Å². The molecule has 0 unspecified atom stereocenters. The molecular formula is C24H20N2O. The standard InChI is InChI=1S/C24H20N2O/c1-16(2)22-20(26-15-14-25-24(26)17-8-4-3-5-9-17)13-12-19-18-10-6-7-11-21(18)27-23(19)22/h3-16H,1-2H3. The molecule has 0 aliphatic carbocycles. The number of hydrogen-bond donors (Lipinski definition) is 0. The number of imidazole rings is 1. The summed E-state index contributed by atoms with van der Waals surface area (Å²) < 4.78 is 8.46. The molecule has 132 valence electrons. The van der Waals surface area contributed by atoms with Crippen molar-refractivity contribution in [2.24, 2.45) is 0 Å². The monoisotopic (exact) mass is 352 g/mol. The van der Waals surface area contributed by atoms with E-state index in [2.05, 4.69) is 59.8 Å². The molecule has 0 fully saturated rings. The van der Waals surface area contributed by atoms with Gasteiger partial charge in [0.2, 0.25) is 0 Å². The summed E-state index contributed by atoms with van der Waals surface area (Å²) in [5.41, 5.74) is 5.32. The van der Waals surface area contributed by atoms with Gasteiger partial charge in [0, 0.05) is 34.3 Å². The molecular weight excluding hydrogens is 332 g/mol. The zero-order valence-electron chi connectivity index (χ0n) is 15.4. The summed E-state index contributed by atoms with van der Waals surface area (Å²) in [5, 5.41) is 2.33. The smallest absolute Gasteiger partial charge is 0.144 e. The average Bonchev–Trinajstić information content (AvgIpc) is 3.32. The first-order valence-electron chi connectivity index (χ1n) is 9.27. The molecule has 5 rings (SSSR count). The highest BCUT2D eigenvalue weighted by Crippen LogP contribution is 2.38. The van der Waals surface area contributed by atoms with Crippen molar-refractivity contribution < 1.29 is 4.42 Å². The molecule has 3 heteroatoms. The highest BCUT2D eigenvalue weighted by atomic mass is 16.3. The highest BCUT2D eigenvalue weighted by Gasteiger charge is 2.19. The Morgan fingerprint density at radius 3 is 2.44 bits per heavy atom. The van der Waals surface area contributed by atoms with Crippen molar-refractivity contribution in [3.8, 4) is 17.1 Å². The van der Waals surface area contributed by atoms with Gasteiger partial charge < -0.3 is 4.42 Å². The Labute approximate surface area is 157 Å². The van der Waals surface area contributed by atoms with Crippen LogP contribution in [0, 0.1) is 0 Å². The lowest BCUT2D eigenvalue weighted by atomic mass is 9.97. The van der Waals surface area contributed by atoms with Crippen molar-refractivity contribution in [1.82, 2.24) is 9.55 Å². The maximum Gasteiger partial charge on any atom is 0.144 e. The van der Waals surface area contributed by atoms with Crippen molar-refractivity contribution in [2.75, 3.05) is 0 Å². The van der Waals surface area contributed by atoms with Gasteiger partial charge in [0.15, 0.2) is 0 Å². The fourth-order valence-corrected chi connectivity index (χ4v) is 3.87. The highest BCUT2D eigenvalue weighted by molar-refractivity contribution is 6.06. The van der Waals surface area contributed by atoms with E-state index in [4.69, 9.17) is 4.42 Å². The van der Waals surface area contributed by atoms with Crippen LogP contribution in [-0.2, 0) is 0 Å². The molecule has 5 aromatic rings. The number of nitrogens with zero attached hydrogens (tertiary/aromatic N) is 2. The predicted molar refractivity (Wildman–Crippen MR) is 110 cm³/mol. The topological polar surface area (TPSA) is 31.0 Å². The average molecular weight is 352 g/mol. The summed E-state index contributed by atoms with van der Waals surface area (Å²) in [6, 6.07) is 22.9. The van der Waals surface area contributed by atoms with Gasteiger partial charge in [-0.15, -0.1) is 0 Å². The van der Waals surface area contributed by atoms with Gasteiger partial charge >= 0.3 is 0 Å². The molecule has 0 spiro atoms. The quantitative estimate of drug-likeness (QED) is 0.368. The van der Waals surface area contributed by atoms with E-state index >= 15 is 0 Å². The predicted octanol–water partition coefficient (Wildman–Crippen LogP) is 6.56. The minimum absolute atomic E-state index is 0.315. The molecule has 27 heavy (non-hydrogen) atoms. The molecule has 0 N–H and O–H groups in total. The summed E-state index contributed by atoms with van der Waals surface area (Å²) >= 11 is 0. The molecule has 2 heterocycles. The van der Waals surface area contributed by atoms with E-state index in [0.29, 0.717) is 5.92 Å². The van der Waals surface area contributed by atoms with E-state index in [-0.39, 0.29) is 0 Å². The molecule has 0 aliphatic rings. The Balaban J connectivity index is 1.81. The minimum Gasteiger partial charge on any atom is -0.456 e. The molecule has 0 saturated heterocycles. The number of rotatable bonds is 3. The van der Waals surface area contributed by atoms with Gasteiger partial charge in [-0.2, -0.15) is 0 Å². The molecule has 0 bridgehead atoms. The Kier molecular flexibility index (Phi) is 3.61. The summed E-state index contributed by atoms with van der Waals surface area (Å²) in [6.45, 7) is 4.43. The Morgan fingerprint density at radius 2 is 1.63 bits per heavy atom. The number of aromatic nitrogens is 2. The zero-order valence-corrected chi connectivity index (χ0v) is 15.4. The lowest BCUT2D eigenvalue weighted by molar-refractivity contribution is 0.656. The van der Waals surface area contributed by atoms with E-state index in [1.807, 2.05) is 42.7 Å². The maximum absolute atomic E-state index is 6.30. The van der Waals surface area contributed by atoms with Gasteiger partial charge in [0.05, 0.1) is 5.69 Å². The van der Waals surface area contributed by atoms with Gasteiger partial charge in [-0.25, -0.2) is 4.98 Å². The van der Waals surface area contributed by atoms with Gasteiger partial charge in [-0.3, -0.25) is 4.57 Å². The van der Waals surface area contributed by atoms with E-state index in [1.165, 1.54) is 10.9 Å². The second-order valence-electron chi connectivity index (χ2n) is 7.11. The fourth-order valence-electron chi connectivity index (χ4n) is 3.87. The Morgan fingerprint density at radius 1 is 0.852 bits per heavy atom. The van der Waals surface area contributed by atoms with Crippen LogP contribution in [0.4, 0.5) is 0 Å². The van der Waals surface area contributed by atoms with E-state index in [1.54, 1.807) is 0 Å². The van der Waals surface area contributed by atoms with Crippen LogP contribution in [-0.4, -0.2) is 9.55 Å². The zero-order chi connectivity index (χ0) is 18.4. The lowest BCUT2D eigenvalue weighted by Crippen LogP contribution is -2.03. The SMILES string of the molecule is CC(C)c1c(-n2ccnc2-c2ccccc2)ccc2c1oc1ccccc12. The summed E-state index contributed by atoms with van der Waals surface area (Å²) in [7, 11) is 0. The van der Waals surface area contributed by atoms with Crippen LogP contribution >= 0.6 is 0 Å². The summed E-state index contributed by atoms with van der Waals surface area (Å²) in [5.74, 6) is 1.25. The Hall–Kier alpha value is -3.33. The first kappa shape index (κ1) is 15.9. The normalized spacial score (nSPS) is 11.7. The second-order valence-corrected chi connectivity index (χ2v) is 7.11. The molecule has 3 aromatic carbocycles. The molecule has 0 amide bonds. The molecule has 0 radical (unpaired) electrons. The number of para-hydroxylation sites is 1. The third kappa shape index (κ3) is 2.47. The van der Waals surface area contributed by atoms with Crippen molar-refractivity contribution >= 4 is 21.9 Å². The third-order valence-electron chi connectivity index (χ3n) is 5.07. The van der Waals surface area contributed by atoms with Crippen LogP contribution in [0.2, 0.25) is 0 Å². The second kappa shape index (κ2) is 6.13. The lowest BCUT2D eigenvalue weighted by Gasteiger charge is -2.16. The summed E-state index contributed by atoms with van der Waals surface area (Å²) in [4.78, 5) is 4.62. The van der Waals surface area contributed by atoms with Gasteiger partial charge in [0.25, 0.3) is 0 Å². The molecule has 3 nitrogen and oxygen atoms in total. The van der Waals surface area contributed by atoms with Crippen LogP contribution in [0.25, 0.3) is 39.0 Å². The number of hydrogen-bond acceptors (Lipinski definition) is 2. The van der Waals surface area contributed by atoms with Crippen molar-refractivity contribution in [2.45, 2.75) is 19.8 Å². The largest absolute Gasteiger partial charge is 0.456 e. The van der Waals surface area contributed by atoms with E-state index in [9.17, 15) is 0 Å². The van der Waals surface area contributed by atoms with Gasteiger partial charge in [-0.05, 0) is 24.1 Å². The molecule has 0 atom stereocenters. The van der Waals surface area contributed by atoms with Crippen LogP contribution in [0.5, 0.6) is 0 Å². The van der Waals surface area contributed by atoms with Crippen molar-refractivity contribution in [3.05, 3.63) is 84.7 Å². The first-order chi connectivity index (χ1) is 13.2. The number of furan rings is 1. The van der Waals surface area contributed by atoms with E-state index < -0.39 is 0 Å². The van der Waals surface area contributed by atoms with Crippen molar-refractivity contribution in [1.29, 1.82) is 0 Å². The van der Waals surface area contributed by atoms with Crippen LogP contribution in [0.15, 0.2) is 83.5 Å². The van der Waals surface area contributed by atoms with Gasteiger partial charge in [0.1, 0.15) is 17.0 Å². The number of benzene rings is 3.